The van der Waals surface area contributed by atoms with Crippen LogP contribution in [-0.4, -0.2) is 24.8 Å². The van der Waals surface area contributed by atoms with Gasteiger partial charge in [0.25, 0.3) is 0 Å². The van der Waals surface area contributed by atoms with Gasteiger partial charge in [0.1, 0.15) is 5.82 Å². The first-order valence-electron chi connectivity index (χ1n) is 9.46. The monoisotopic (exact) mass is 393 g/mol. The molecule has 4 rings (SSSR count). The van der Waals surface area contributed by atoms with E-state index in [0.717, 1.165) is 11.1 Å². The zero-order valence-electron chi connectivity index (χ0n) is 15.9. The molecule has 1 N–H and O–H groups in total. The molecule has 5 nitrogen and oxygen atoms in total. The Morgan fingerprint density at radius 1 is 0.966 bits per heavy atom. The van der Waals surface area contributed by atoms with Crippen molar-refractivity contribution in [3.8, 4) is 0 Å². The average molecular weight is 393 g/mol. The van der Waals surface area contributed by atoms with E-state index in [1.807, 2.05) is 0 Å². The second kappa shape index (κ2) is 7.62. The summed E-state index contributed by atoms with van der Waals surface area (Å²) in [5, 5.41) is 2.87. The molecular weight excluding hydrogens is 373 g/mol. The van der Waals surface area contributed by atoms with Crippen LogP contribution in [0.25, 0.3) is 0 Å². The maximum atomic E-state index is 13.2. The third-order valence-corrected chi connectivity index (χ3v) is 5.61. The molecule has 0 saturated carbocycles. The number of benzene rings is 2. The Hall–Kier alpha value is -3.28. The number of ether oxygens (including phenoxy) is 1. The highest BCUT2D eigenvalue weighted by atomic mass is 19.1. The van der Waals surface area contributed by atoms with Crippen molar-refractivity contribution >= 4 is 17.7 Å². The average Bonchev–Trinajstić information content (AvgIpc) is 2.72. The number of hydrogen-bond donors (Lipinski definition) is 1. The summed E-state index contributed by atoms with van der Waals surface area (Å²) < 4.78 is 17.9. The molecular formula is C23H20FNO4. The van der Waals surface area contributed by atoms with Crippen molar-refractivity contribution in [1.29, 1.82) is 0 Å². The standard InChI is InChI=1S/C23H20FNO4/c1-29-23(28)15-4-2-14(3-5-15)18-12-21(27)25-19-10-16(11-20(26)22(18)19)13-6-8-17(24)9-7-13/h2-9,16,18H,10-12H2,1H3,(H,25,27)/t16-,18-/m1/s1. The lowest BCUT2D eigenvalue weighted by Gasteiger charge is -2.34. The van der Waals surface area contributed by atoms with Gasteiger partial charge in [-0.25, -0.2) is 9.18 Å². The molecule has 2 aromatic carbocycles. The summed E-state index contributed by atoms with van der Waals surface area (Å²) in [6.07, 6.45) is 1.02. The van der Waals surface area contributed by atoms with E-state index in [-0.39, 0.29) is 35.8 Å². The van der Waals surface area contributed by atoms with Gasteiger partial charge >= 0.3 is 5.97 Å². The highest BCUT2D eigenvalue weighted by Crippen LogP contribution is 2.42. The molecule has 148 valence electrons. The third-order valence-electron chi connectivity index (χ3n) is 5.61. The Morgan fingerprint density at radius 2 is 1.62 bits per heavy atom. The minimum Gasteiger partial charge on any atom is -0.465 e. The number of hydrogen-bond acceptors (Lipinski definition) is 4. The first-order chi connectivity index (χ1) is 14.0. The quantitative estimate of drug-likeness (QED) is 0.809. The van der Waals surface area contributed by atoms with Crippen molar-refractivity contribution in [2.75, 3.05) is 7.11 Å². The minimum absolute atomic E-state index is 0.0115. The maximum absolute atomic E-state index is 13.2. The molecule has 1 heterocycles. The molecule has 2 aliphatic rings. The smallest absolute Gasteiger partial charge is 0.337 e. The van der Waals surface area contributed by atoms with E-state index in [1.165, 1.54) is 19.2 Å². The van der Waals surface area contributed by atoms with Crippen LogP contribution in [0.2, 0.25) is 0 Å². The number of rotatable bonds is 3. The maximum Gasteiger partial charge on any atom is 0.337 e. The fraction of sp³-hybridized carbons (Fsp3) is 0.261. The van der Waals surface area contributed by atoms with Crippen LogP contribution in [0.3, 0.4) is 0 Å². The molecule has 0 fully saturated rings. The predicted molar refractivity (Wildman–Crippen MR) is 104 cm³/mol. The van der Waals surface area contributed by atoms with E-state index in [4.69, 9.17) is 4.74 Å². The summed E-state index contributed by atoms with van der Waals surface area (Å²) in [5.41, 5.74) is 3.39. The molecule has 1 aliphatic carbocycles. The second-order valence-corrected chi connectivity index (χ2v) is 7.39. The second-order valence-electron chi connectivity index (χ2n) is 7.39. The van der Waals surface area contributed by atoms with E-state index in [1.54, 1.807) is 36.4 Å². The van der Waals surface area contributed by atoms with E-state index in [2.05, 4.69) is 5.32 Å². The van der Waals surface area contributed by atoms with Gasteiger partial charge in [0.05, 0.1) is 12.7 Å². The first-order valence-corrected chi connectivity index (χ1v) is 9.46. The van der Waals surface area contributed by atoms with Crippen LogP contribution in [0.1, 0.15) is 52.6 Å². The molecule has 6 heteroatoms. The van der Waals surface area contributed by atoms with Crippen LogP contribution in [0.4, 0.5) is 4.39 Å². The molecule has 0 aromatic heterocycles. The van der Waals surface area contributed by atoms with E-state index < -0.39 is 5.97 Å². The molecule has 2 atom stereocenters. The Kier molecular flexibility index (Phi) is 5.01. The number of halogens is 1. The van der Waals surface area contributed by atoms with Crippen LogP contribution in [-0.2, 0) is 14.3 Å². The van der Waals surface area contributed by atoms with Crippen LogP contribution in [0, 0.1) is 5.82 Å². The number of amides is 1. The fourth-order valence-electron chi connectivity index (χ4n) is 4.18. The van der Waals surface area contributed by atoms with Crippen molar-refractivity contribution in [1.82, 2.24) is 5.32 Å². The Balaban J connectivity index is 1.66. The topological polar surface area (TPSA) is 72.5 Å². The van der Waals surface area contributed by atoms with E-state index in [9.17, 15) is 18.8 Å². The lowest BCUT2D eigenvalue weighted by Crippen LogP contribution is -2.38. The van der Waals surface area contributed by atoms with Gasteiger partial charge in [-0.05, 0) is 47.7 Å². The van der Waals surface area contributed by atoms with Crippen molar-refractivity contribution in [2.45, 2.75) is 31.1 Å². The zero-order chi connectivity index (χ0) is 20.5. The third kappa shape index (κ3) is 3.70. The zero-order valence-corrected chi connectivity index (χ0v) is 15.9. The van der Waals surface area contributed by atoms with Gasteiger partial charge in [-0.1, -0.05) is 24.3 Å². The molecule has 1 aliphatic heterocycles. The van der Waals surface area contributed by atoms with Crippen LogP contribution < -0.4 is 5.32 Å². The fourth-order valence-corrected chi connectivity index (χ4v) is 4.18. The summed E-state index contributed by atoms with van der Waals surface area (Å²) in [5.74, 6) is -1.35. The highest BCUT2D eigenvalue weighted by molar-refractivity contribution is 6.02. The number of carbonyl (C=O) groups excluding carboxylic acids is 3. The molecule has 1 amide bonds. The summed E-state index contributed by atoms with van der Waals surface area (Å²) in [6, 6.07) is 13.0. The molecule has 0 radical (unpaired) electrons. The molecule has 0 bridgehead atoms. The number of nitrogens with one attached hydrogen (secondary N) is 1. The van der Waals surface area contributed by atoms with Gasteiger partial charge in [-0.3, -0.25) is 9.59 Å². The Bertz CT molecular complexity index is 1010. The van der Waals surface area contributed by atoms with Gasteiger partial charge in [0, 0.05) is 30.0 Å². The van der Waals surface area contributed by atoms with Gasteiger partial charge in [-0.2, -0.15) is 0 Å². The lowest BCUT2D eigenvalue weighted by atomic mass is 9.73. The summed E-state index contributed by atoms with van der Waals surface area (Å²) in [7, 11) is 1.32. The number of allylic oxidation sites excluding steroid dienone is 2. The predicted octanol–water partition coefficient (Wildman–Crippen LogP) is 3.62. The summed E-state index contributed by atoms with van der Waals surface area (Å²) in [4.78, 5) is 37.0. The SMILES string of the molecule is COC(=O)c1ccc([C@H]2CC(=O)NC3=C2C(=O)C[C@H](c2ccc(F)cc2)C3)cc1. The van der Waals surface area contributed by atoms with E-state index in [0.29, 0.717) is 29.7 Å². The number of Topliss-reactive ketones (excluding diaryl/α,β-unsaturated/α-hetero) is 1. The number of esters is 1. The van der Waals surface area contributed by atoms with Gasteiger partial charge in [0.2, 0.25) is 5.91 Å². The lowest BCUT2D eigenvalue weighted by molar-refractivity contribution is -0.122. The highest BCUT2D eigenvalue weighted by Gasteiger charge is 2.38. The number of methoxy groups -OCH3 is 1. The minimum atomic E-state index is -0.436. The van der Waals surface area contributed by atoms with Crippen LogP contribution in [0.5, 0.6) is 0 Å². The van der Waals surface area contributed by atoms with E-state index >= 15 is 0 Å². The largest absolute Gasteiger partial charge is 0.465 e. The summed E-state index contributed by atoms with van der Waals surface area (Å²) >= 11 is 0. The van der Waals surface area contributed by atoms with Crippen molar-refractivity contribution in [3.05, 3.63) is 82.3 Å². The van der Waals surface area contributed by atoms with Crippen molar-refractivity contribution < 1.29 is 23.5 Å². The van der Waals surface area contributed by atoms with Crippen molar-refractivity contribution in [2.24, 2.45) is 0 Å². The molecule has 2 aromatic rings. The number of carbonyl (C=O) groups is 3. The Morgan fingerprint density at radius 3 is 2.28 bits per heavy atom. The Labute approximate surface area is 167 Å². The van der Waals surface area contributed by atoms with Gasteiger partial charge < -0.3 is 10.1 Å². The van der Waals surface area contributed by atoms with Crippen LogP contribution >= 0.6 is 0 Å². The van der Waals surface area contributed by atoms with Gasteiger partial charge in [-0.15, -0.1) is 0 Å². The molecule has 0 spiro atoms. The molecule has 29 heavy (non-hydrogen) atoms. The van der Waals surface area contributed by atoms with Crippen LogP contribution in [0.15, 0.2) is 59.8 Å². The van der Waals surface area contributed by atoms with Gasteiger partial charge in [0.15, 0.2) is 5.78 Å². The normalized spacial score (nSPS) is 21.4. The first kappa shape index (κ1) is 19.1. The number of ketones is 1. The summed E-state index contributed by atoms with van der Waals surface area (Å²) in [6.45, 7) is 0. The molecule has 0 unspecified atom stereocenters. The molecule has 0 saturated heterocycles. The van der Waals surface area contributed by atoms with Crippen molar-refractivity contribution in [3.63, 3.8) is 0 Å².